The summed E-state index contributed by atoms with van der Waals surface area (Å²) in [5, 5.41) is 6.16. The second-order valence-electron chi connectivity index (χ2n) is 7.03. The number of ether oxygens (including phenoxy) is 2. The zero-order chi connectivity index (χ0) is 21.3. The van der Waals surface area contributed by atoms with Gasteiger partial charge in [-0.15, -0.1) is 0 Å². The highest BCUT2D eigenvalue weighted by molar-refractivity contribution is 7.22. The predicted octanol–water partition coefficient (Wildman–Crippen LogP) is 3.55. The number of aromatic nitrogens is 1. The van der Waals surface area contributed by atoms with Crippen LogP contribution in [0.5, 0.6) is 11.5 Å². The van der Waals surface area contributed by atoms with Gasteiger partial charge in [-0.05, 0) is 36.8 Å². The van der Waals surface area contributed by atoms with Crippen LogP contribution in [0.3, 0.4) is 0 Å². The third-order valence-electron chi connectivity index (χ3n) is 4.90. The van der Waals surface area contributed by atoms with Crippen LogP contribution in [0.1, 0.15) is 12.0 Å². The number of anilines is 2. The summed E-state index contributed by atoms with van der Waals surface area (Å²) in [6.45, 7) is 2.39. The molecule has 2 heterocycles. The number of hydrogen-bond donors (Lipinski definition) is 2. The molecule has 8 nitrogen and oxygen atoms in total. The van der Waals surface area contributed by atoms with Crippen molar-refractivity contribution in [1.29, 1.82) is 0 Å². The number of nitrogens with one attached hydrogen (secondary N) is 2. The van der Waals surface area contributed by atoms with Gasteiger partial charge in [0, 0.05) is 24.7 Å². The van der Waals surface area contributed by atoms with E-state index in [-0.39, 0.29) is 24.4 Å². The van der Waals surface area contributed by atoms with Crippen molar-refractivity contribution in [3.63, 3.8) is 0 Å². The number of carbonyl (C=O) groups excluding carboxylic acids is 2. The molecule has 3 aromatic rings. The average molecular weight is 426 g/mol. The lowest BCUT2D eigenvalue weighted by molar-refractivity contribution is -0.117. The van der Waals surface area contributed by atoms with Crippen LogP contribution in [0.15, 0.2) is 36.4 Å². The lowest BCUT2D eigenvalue weighted by atomic mass is 10.2. The van der Waals surface area contributed by atoms with Gasteiger partial charge >= 0.3 is 6.03 Å². The molecule has 4 rings (SSSR count). The van der Waals surface area contributed by atoms with E-state index in [4.69, 9.17) is 9.47 Å². The fraction of sp³-hybridized carbons (Fsp3) is 0.286. The van der Waals surface area contributed by atoms with Crippen molar-refractivity contribution in [2.45, 2.75) is 19.4 Å². The van der Waals surface area contributed by atoms with Crippen LogP contribution in [-0.2, 0) is 4.79 Å². The fourth-order valence-corrected chi connectivity index (χ4v) is 4.41. The van der Waals surface area contributed by atoms with Crippen LogP contribution in [0.25, 0.3) is 10.2 Å². The van der Waals surface area contributed by atoms with E-state index >= 15 is 0 Å². The summed E-state index contributed by atoms with van der Waals surface area (Å²) in [4.78, 5) is 31.0. The van der Waals surface area contributed by atoms with E-state index in [2.05, 4.69) is 15.6 Å². The number of carbonyl (C=O) groups is 2. The number of urea groups is 1. The highest BCUT2D eigenvalue weighted by Gasteiger charge is 2.32. The molecule has 0 spiro atoms. The van der Waals surface area contributed by atoms with E-state index in [1.54, 1.807) is 37.3 Å². The molecule has 9 heteroatoms. The van der Waals surface area contributed by atoms with Crippen LogP contribution in [0, 0.1) is 6.92 Å². The number of fused-ring (bicyclic) bond motifs is 1. The smallest absolute Gasteiger partial charge is 0.321 e. The topological polar surface area (TPSA) is 92.8 Å². The largest absolute Gasteiger partial charge is 0.493 e. The van der Waals surface area contributed by atoms with Crippen molar-refractivity contribution < 1.29 is 19.1 Å². The van der Waals surface area contributed by atoms with E-state index in [0.29, 0.717) is 28.9 Å². The van der Waals surface area contributed by atoms with Crippen molar-refractivity contribution in [2.24, 2.45) is 0 Å². The van der Waals surface area contributed by atoms with E-state index in [9.17, 15) is 9.59 Å². The Labute approximate surface area is 177 Å². The van der Waals surface area contributed by atoms with Crippen molar-refractivity contribution >= 4 is 44.3 Å². The van der Waals surface area contributed by atoms with Gasteiger partial charge in [-0.25, -0.2) is 9.78 Å². The second-order valence-corrected chi connectivity index (χ2v) is 8.06. The van der Waals surface area contributed by atoms with Gasteiger partial charge in [-0.1, -0.05) is 17.4 Å². The minimum absolute atomic E-state index is 0.0667. The quantitative estimate of drug-likeness (QED) is 0.651. The highest BCUT2D eigenvalue weighted by Crippen LogP contribution is 2.33. The first-order valence-corrected chi connectivity index (χ1v) is 10.3. The molecule has 3 amide bonds. The minimum Gasteiger partial charge on any atom is -0.493 e. The molecule has 1 saturated heterocycles. The summed E-state index contributed by atoms with van der Waals surface area (Å²) in [5.74, 6) is 1.07. The first-order valence-electron chi connectivity index (χ1n) is 9.44. The highest BCUT2D eigenvalue weighted by atomic mass is 32.1. The molecule has 1 aliphatic heterocycles. The summed E-state index contributed by atoms with van der Waals surface area (Å²) in [6.07, 6.45) is 0.223. The summed E-state index contributed by atoms with van der Waals surface area (Å²) < 4.78 is 11.6. The molecular weight excluding hydrogens is 404 g/mol. The van der Waals surface area contributed by atoms with Crippen LogP contribution in [-0.4, -0.2) is 43.7 Å². The number of nitrogens with zero attached hydrogens (tertiary/aromatic N) is 2. The van der Waals surface area contributed by atoms with Gasteiger partial charge in [0.25, 0.3) is 0 Å². The Balaban J connectivity index is 1.40. The number of methoxy groups -OCH3 is 2. The summed E-state index contributed by atoms with van der Waals surface area (Å²) in [5.41, 5.74) is 2.68. The molecule has 1 atom stereocenters. The maximum absolute atomic E-state index is 12.5. The molecule has 30 heavy (non-hydrogen) atoms. The Kier molecular flexibility index (Phi) is 5.45. The normalized spacial score (nSPS) is 16.0. The Morgan fingerprint density at radius 3 is 2.73 bits per heavy atom. The zero-order valence-corrected chi connectivity index (χ0v) is 17.7. The fourth-order valence-electron chi connectivity index (χ4n) is 3.45. The molecule has 0 saturated carbocycles. The predicted molar refractivity (Wildman–Crippen MR) is 117 cm³/mol. The van der Waals surface area contributed by atoms with Crippen LogP contribution in [0.4, 0.5) is 15.6 Å². The number of rotatable bonds is 5. The van der Waals surface area contributed by atoms with Gasteiger partial charge in [0.2, 0.25) is 5.91 Å². The SMILES string of the molecule is COc1ccc(N2CC(NC(=O)Nc3nc4ccc(C)cc4s3)CC2=O)cc1OC. The number of benzene rings is 2. The van der Waals surface area contributed by atoms with E-state index in [1.165, 1.54) is 11.3 Å². The number of amides is 3. The lowest BCUT2D eigenvalue weighted by Crippen LogP contribution is -2.39. The first kappa shape index (κ1) is 20.0. The molecule has 2 aromatic carbocycles. The first-order chi connectivity index (χ1) is 14.5. The zero-order valence-electron chi connectivity index (χ0n) is 16.9. The van der Waals surface area contributed by atoms with E-state index < -0.39 is 0 Å². The average Bonchev–Trinajstić information content (AvgIpc) is 3.28. The Hall–Kier alpha value is -3.33. The molecular formula is C21H22N4O4S. The van der Waals surface area contributed by atoms with Gasteiger partial charge in [-0.2, -0.15) is 0 Å². The molecule has 156 valence electrons. The van der Waals surface area contributed by atoms with Gasteiger partial charge in [0.1, 0.15) is 0 Å². The molecule has 0 aliphatic carbocycles. The van der Waals surface area contributed by atoms with Crippen LogP contribution < -0.4 is 25.0 Å². The number of thiazole rings is 1. The minimum atomic E-state index is -0.377. The Bertz CT molecular complexity index is 1110. The lowest BCUT2D eigenvalue weighted by Gasteiger charge is -2.19. The molecule has 2 N–H and O–H groups in total. The monoisotopic (exact) mass is 426 g/mol. The van der Waals surface area contributed by atoms with Crippen molar-refractivity contribution in [2.75, 3.05) is 31.0 Å². The summed E-state index contributed by atoms with van der Waals surface area (Å²) >= 11 is 1.42. The number of hydrogen-bond acceptors (Lipinski definition) is 6. The molecule has 0 bridgehead atoms. The Morgan fingerprint density at radius 1 is 1.17 bits per heavy atom. The van der Waals surface area contributed by atoms with Crippen molar-refractivity contribution in [1.82, 2.24) is 10.3 Å². The third-order valence-corrected chi connectivity index (χ3v) is 5.84. The summed E-state index contributed by atoms with van der Waals surface area (Å²) in [7, 11) is 3.11. The molecule has 0 radical (unpaired) electrons. The van der Waals surface area contributed by atoms with E-state index in [0.717, 1.165) is 15.8 Å². The van der Waals surface area contributed by atoms with Gasteiger partial charge < -0.3 is 19.7 Å². The van der Waals surface area contributed by atoms with Crippen LogP contribution >= 0.6 is 11.3 Å². The maximum atomic E-state index is 12.5. The van der Waals surface area contributed by atoms with Gasteiger partial charge in [0.05, 0.1) is 30.5 Å². The molecule has 1 fully saturated rings. The van der Waals surface area contributed by atoms with Crippen molar-refractivity contribution in [3.05, 3.63) is 42.0 Å². The summed E-state index contributed by atoms with van der Waals surface area (Å²) in [6, 6.07) is 10.6. The molecule has 1 unspecified atom stereocenters. The van der Waals surface area contributed by atoms with Gasteiger partial charge in [-0.3, -0.25) is 10.1 Å². The second kappa shape index (κ2) is 8.19. The third kappa shape index (κ3) is 4.02. The molecule has 1 aliphatic rings. The standard InChI is InChI=1S/C21H22N4O4S/c1-12-4-6-15-18(8-12)30-21(23-15)24-20(27)22-13-9-19(26)25(11-13)14-5-7-16(28-2)17(10-14)29-3/h4-8,10,13H,9,11H2,1-3H3,(H2,22,23,24,27). The van der Waals surface area contributed by atoms with E-state index in [1.807, 2.05) is 25.1 Å². The van der Waals surface area contributed by atoms with Gasteiger partial charge in [0.15, 0.2) is 16.6 Å². The maximum Gasteiger partial charge on any atom is 0.321 e. The van der Waals surface area contributed by atoms with Crippen molar-refractivity contribution in [3.8, 4) is 11.5 Å². The Morgan fingerprint density at radius 2 is 1.97 bits per heavy atom. The molecule has 1 aromatic heterocycles. The van der Waals surface area contributed by atoms with Crippen LogP contribution in [0.2, 0.25) is 0 Å². The number of aryl methyl sites for hydroxylation is 1.